The van der Waals surface area contributed by atoms with Gasteiger partial charge in [0.05, 0.1) is 5.92 Å². The summed E-state index contributed by atoms with van der Waals surface area (Å²) in [6.45, 7) is 5.36. The Morgan fingerprint density at radius 2 is 1.36 bits per heavy atom. The molecule has 190 valence electrons. The summed E-state index contributed by atoms with van der Waals surface area (Å²) in [7, 11) is 0. The molecule has 5 rings (SSSR count). The van der Waals surface area contributed by atoms with Gasteiger partial charge in [-0.3, -0.25) is 14.4 Å². The zero-order valence-electron chi connectivity index (χ0n) is 21.3. The van der Waals surface area contributed by atoms with Crippen molar-refractivity contribution in [3.05, 3.63) is 65.7 Å². The predicted octanol–water partition coefficient (Wildman–Crippen LogP) is 4.07. The molecule has 0 unspecified atom stereocenters. The largest absolute Gasteiger partial charge is 0.342 e. The third kappa shape index (κ3) is 5.48. The third-order valence-electron chi connectivity index (χ3n) is 8.27. The minimum absolute atomic E-state index is 0.00832. The molecule has 3 amide bonds. The minimum atomic E-state index is -0.297. The number of hydrogen-bond acceptors (Lipinski definition) is 3. The van der Waals surface area contributed by atoms with Gasteiger partial charge in [0.25, 0.3) is 0 Å². The molecule has 6 nitrogen and oxygen atoms in total. The average Bonchev–Trinajstić information content (AvgIpc) is 3.31. The van der Waals surface area contributed by atoms with Gasteiger partial charge in [-0.2, -0.15) is 0 Å². The number of amides is 3. The second kappa shape index (κ2) is 10.9. The fourth-order valence-corrected chi connectivity index (χ4v) is 6.02. The van der Waals surface area contributed by atoms with Gasteiger partial charge in [0.15, 0.2) is 0 Å². The Morgan fingerprint density at radius 3 is 2.00 bits per heavy atom. The van der Waals surface area contributed by atoms with Gasteiger partial charge in [-0.05, 0) is 62.6 Å². The van der Waals surface area contributed by atoms with E-state index >= 15 is 0 Å². The Bertz CT molecular complexity index is 1070. The first-order valence-electron chi connectivity index (χ1n) is 13.5. The second-order valence-electron chi connectivity index (χ2n) is 10.8. The number of anilines is 1. The fraction of sp³-hybridized carbons (Fsp3) is 0.500. The molecule has 36 heavy (non-hydrogen) atoms. The van der Waals surface area contributed by atoms with Gasteiger partial charge < -0.3 is 14.7 Å². The van der Waals surface area contributed by atoms with Crippen molar-refractivity contribution in [2.24, 2.45) is 17.8 Å². The number of carbonyl (C=O) groups excluding carboxylic acids is 3. The number of carbonyl (C=O) groups is 3. The topological polar surface area (TPSA) is 60.9 Å². The molecule has 3 aliphatic rings. The van der Waals surface area contributed by atoms with Crippen LogP contribution in [0.4, 0.5) is 5.69 Å². The van der Waals surface area contributed by atoms with E-state index in [-0.39, 0.29) is 36.0 Å². The lowest BCUT2D eigenvalue weighted by atomic mass is 9.88. The van der Waals surface area contributed by atoms with Crippen molar-refractivity contribution in [1.29, 1.82) is 0 Å². The van der Waals surface area contributed by atoms with Gasteiger partial charge in [-0.15, -0.1) is 0 Å². The van der Waals surface area contributed by atoms with Gasteiger partial charge in [0.2, 0.25) is 17.7 Å². The SMILES string of the molecule is Cc1ccc(N2C[C@@H](C(=O)N3CCC(C(=O)N4CCC(Cc5ccccc5)CC4)CC3)CC2=O)cc1. The lowest BCUT2D eigenvalue weighted by Crippen LogP contribution is -2.48. The molecular weight excluding hydrogens is 450 g/mol. The summed E-state index contributed by atoms with van der Waals surface area (Å²) in [5.74, 6) is 0.693. The summed E-state index contributed by atoms with van der Waals surface area (Å²) >= 11 is 0. The second-order valence-corrected chi connectivity index (χ2v) is 10.8. The Hall–Kier alpha value is -3.15. The number of hydrogen-bond donors (Lipinski definition) is 0. The maximum Gasteiger partial charge on any atom is 0.228 e. The fourth-order valence-electron chi connectivity index (χ4n) is 6.02. The van der Waals surface area contributed by atoms with Crippen LogP contribution >= 0.6 is 0 Å². The molecule has 3 fully saturated rings. The number of rotatable bonds is 5. The van der Waals surface area contributed by atoms with Crippen molar-refractivity contribution in [2.45, 2.75) is 45.4 Å². The predicted molar refractivity (Wildman–Crippen MR) is 140 cm³/mol. The number of benzene rings is 2. The lowest BCUT2D eigenvalue weighted by Gasteiger charge is -2.38. The highest BCUT2D eigenvalue weighted by atomic mass is 16.2. The molecule has 0 aliphatic carbocycles. The lowest BCUT2D eigenvalue weighted by molar-refractivity contribution is -0.143. The van der Waals surface area contributed by atoms with Gasteiger partial charge in [-0.25, -0.2) is 0 Å². The maximum absolute atomic E-state index is 13.2. The van der Waals surface area contributed by atoms with E-state index in [2.05, 4.69) is 35.2 Å². The molecule has 2 aromatic rings. The molecule has 3 aliphatic heterocycles. The van der Waals surface area contributed by atoms with Crippen molar-refractivity contribution < 1.29 is 14.4 Å². The Morgan fingerprint density at radius 1 is 0.778 bits per heavy atom. The summed E-state index contributed by atoms with van der Waals surface area (Å²) in [4.78, 5) is 44.7. The monoisotopic (exact) mass is 487 g/mol. The highest BCUT2D eigenvalue weighted by molar-refractivity contribution is 6.00. The van der Waals surface area contributed by atoms with Crippen LogP contribution in [0.2, 0.25) is 0 Å². The van der Waals surface area contributed by atoms with E-state index in [9.17, 15) is 14.4 Å². The molecule has 3 heterocycles. The molecule has 2 aromatic carbocycles. The van der Waals surface area contributed by atoms with Crippen LogP contribution in [0.5, 0.6) is 0 Å². The number of piperidine rings is 2. The average molecular weight is 488 g/mol. The Balaban J connectivity index is 1.08. The van der Waals surface area contributed by atoms with Crippen LogP contribution < -0.4 is 4.90 Å². The highest BCUT2D eigenvalue weighted by Gasteiger charge is 2.39. The summed E-state index contributed by atoms with van der Waals surface area (Å²) in [5.41, 5.74) is 3.38. The molecule has 3 saturated heterocycles. The van der Waals surface area contributed by atoms with Crippen molar-refractivity contribution in [1.82, 2.24) is 9.80 Å². The first-order chi connectivity index (χ1) is 17.5. The molecule has 0 N–H and O–H groups in total. The van der Waals surface area contributed by atoms with E-state index in [0.717, 1.165) is 56.4 Å². The van der Waals surface area contributed by atoms with E-state index in [0.29, 0.717) is 25.6 Å². The van der Waals surface area contributed by atoms with E-state index < -0.39 is 0 Å². The zero-order valence-corrected chi connectivity index (χ0v) is 21.3. The molecule has 1 atom stereocenters. The van der Waals surface area contributed by atoms with Crippen LogP contribution in [0.3, 0.4) is 0 Å². The summed E-state index contributed by atoms with van der Waals surface area (Å²) in [6.07, 6.45) is 4.92. The molecule has 0 saturated carbocycles. The zero-order chi connectivity index (χ0) is 25.1. The summed E-state index contributed by atoms with van der Waals surface area (Å²) < 4.78 is 0. The van der Waals surface area contributed by atoms with Crippen molar-refractivity contribution in [3.8, 4) is 0 Å². The third-order valence-corrected chi connectivity index (χ3v) is 8.27. The van der Waals surface area contributed by atoms with Crippen LogP contribution in [0.15, 0.2) is 54.6 Å². The van der Waals surface area contributed by atoms with Gasteiger partial charge in [0.1, 0.15) is 0 Å². The van der Waals surface area contributed by atoms with Crippen molar-refractivity contribution in [2.75, 3.05) is 37.6 Å². The van der Waals surface area contributed by atoms with Crippen molar-refractivity contribution >= 4 is 23.4 Å². The quantitative estimate of drug-likeness (QED) is 0.639. The molecule has 0 radical (unpaired) electrons. The van der Waals surface area contributed by atoms with Crippen LogP contribution in [0, 0.1) is 24.7 Å². The van der Waals surface area contributed by atoms with Crippen LogP contribution in [0.25, 0.3) is 0 Å². The Kier molecular flexibility index (Phi) is 7.40. The van der Waals surface area contributed by atoms with E-state index in [4.69, 9.17) is 0 Å². The summed E-state index contributed by atoms with van der Waals surface area (Å²) in [6, 6.07) is 18.5. The first kappa shape index (κ1) is 24.5. The molecule has 0 bridgehead atoms. The number of likely N-dealkylation sites (tertiary alicyclic amines) is 2. The van der Waals surface area contributed by atoms with Crippen LogP contribution in [-0.4, -0.2) is 60.2 Å². The van der Waals surface area contributed by atoms with Gasteiger partial charge in [0, 0.05) is 50.7 Å². The van der Waals surface area contributed by atoms with E-state index in [1.165, 1.54) is 5.56 Å². The number of nitrogens with zero attached hydrogens (tertiary/aromatic N) is 3. The van der Waals surface area contributed by atoms with E-state index in [1.807, 2.05) is 36.1 Å². The molecule has 0 aromatic heterocycles. The summed E-state index contributed by atoms with van der Waals surface area (Å²) in [5, 5.41) is 0. The maximum atomic E-state index is 13.2. The molecule has 0 spiro atoms. The number of aryl methyl sites for hydroxylation is 1. The smallest absolute Gasteiger partial charge is 0.228 e. The van der Waals surface area contributed by atoms with Crippen LogP contribution in [0.1, 0.15) is 43.2 Å². The molecular formula is C30H37N3O3. The highest BCUT2D eigenvalue weighted by Crippen LogP contribution is 2.29. The van der Waals surface area contributed by atoms with E-state index in [1.54, 1.807) is 4.90 Å². The molecule has 6 heteroatoms. The first-order valence-corrected chi connectivity index (χ1v) is 13.5. The normalized spacial score (nSPS) is 21.8. The van der Waals surface area contributed by atoms with Crippen molar-refractivity contribution in [3.63, 3.8) is 0 Å². The van der Waals surface area contributed by atoms with Crippen LogP contribution in [-0.2, 0) is 20.8 Å². The van der Waals surface area contributed by atoms with Gasteiger partial charge >= 0.3 is 0 Å². The van der Waals surface area contributed by atoms with Gasteiger partial charge in [-0.1, -0.05) is 48.0 Å². The standard InChI is InChI=1S/C30H37N3O3/c1-22-7-9-27(10-8-22)33-21-26(20-28(33)34)30(36)32-17-13-25(14-18-32)29(35)31-15-11-24(12-16-31)19-23-5-3-2-4-6-23/h2-10,24-26H,11-21H2,1H3/t26-/m0/s1. The minimum Gasteiger partial charge on any atom is -0.342 e. The Labute approximate surface area is 214 Å².